The number of nitrogens with one attached hydrogen (secondary N) is 1. The van der Waals surface area contributed by atoms with Crippen molar-refractivity contribution in [1.82, 2.24) is 5.23 Å². The molecule has 2 heteroatoms. The van der Waals surface area contributed by atoms with Crippen molar-refractivity contribution in [1.29, 1.82) is 0 Å². The normalized spacial score (nSPS) is 11.2. The van der Waals surface area contributed by atoms with Crippen molar-refractivity contribution >= 4 is 7.98 Å². The van der Waals surface area contributed by atoms with E-state index in [1.807, 2.05) is 0 Å². The SMILES string of the molecule is BNC(CCCCCCC)CCCCCCC. The van der Waals surface area contributed by atoms with Crippen molar-refractivity contribution in [3.05, 3.63) is 0 Å². The van der Waals surface area contributed by atoms with E-state index in [2.05, 4.69) is 27.1 Å². The minimum absolute atomic E-state index is 0.776. The third-order valence-corrected chi connectivity index (χ3v) is 3.72. The molecule has 0 unspecified atom stereocenters. The minimum Gasteiger partial charge on any atom is -0.359 e. The summed E-state index contributed by atoms with van der Waals surface area (Å²) in [7, 11) is 2.13. The van der Waals surface area contributed by atoms with Crippen LogP contribution >= 0.6 is 0 Å². The molecule has 0 radical (unpaired) electrons. The Balaban J connectivity index is 3.30. The lowest BCUT2D eigenvalue weighted by Crippen LogP contribution is -2.26. The maximum Gasteiger partial charge on any atom is 0.182 e. The van der Waals surface area contributed by atoms with E-state index in [1.165, 1.54) is 77.0 Å². The second-order valence-corrected chi connectivity index (χ2v) is 5.39. The van der Waals surface area contributed by atoms with E-state index < -0.39 is 0 Å². The Labute approximate surface area is 111 Å². The number of rotatable bonds is 13. The molecule has 0 saturated carbocycles. The predicted molar refractivity (Wildman–Crippen MR) is 82.2 cm³/mol. The average molecular weight is 239 g/mol. The molecule has 0 aromatic rings. The highest BCUT2D eigenvalue weighted by molar-refractivity contribution is 6.04. The molecule has 1 N–H and O–H groups in total. The van der Waals surface area contributed by atoms with Gasteiger partial charge in [0.1, 0.15) is 0 Å². The Hall–Kier alpha value is 0.0249. The van der Waals surface area contributed by atoms with Gasteiger partial charge in [-0.05, 0) is 18.9 Å². The van der Waals surface area contributed by atoms with Gasteiger partial charge in [-0.3, -0.25) is 0 Å². The van der Waals surface area contributed by atoms with Gasteiger partial charge in [-0.15, -0.1) is 0 Å². The lowest BCUT2D eigenvalue weighted by atomic mass is 9.99. The van der Waals surface area contributed by atoms with E-state index >= 15 is 0 Å². The maximum atomic E-state index is 3.48. The molecule has 0 atom stereocenters. The monoisotopic (exact) mass is 239 g/mol. The number of hydrogen-bond acceptors (Lipinski definition) is 1. The van der Waals surface area contributed by atoms with Gasteiger partial charge in [-0.25, -0.2) is 0 Å². The zero-order valence-corrected chi connectivity index (χ0v) is 12.6. The van der Waals surface area contributed by atoms with E-state index in [9.17, 15) is 0 Å². The first-order valence-electron chi connectivity index (χ1n) is 8.02. The zero-order chi connectivity index (χ0) is 12.8. The fraction of sp³-hybridized carbons (Fsp3) is 1.00. The third-order valence-electron chi connectivity index (χ3n) is 3.72. The van der Waals surface area contributed by atoms with Gasteiger partial charge in [0, 0.05) is 0 Å². The Morgan fingerprint density at radius 2 is 1.12 bits per heavy atom. The topological polar surface area (TPSA) is 12.0 Å². The molecule has 0 fully saturated rings. The van der Waals surface area contributed by atoms with Crippen LogP contribution < -0.4 is 5.23 Å². The predicted octanol–water partition coefficient (Wildman–Crippen LogP) is 4.21. The Bertz CT molecular complexity index is 125. The van der Waals surface area contributed by atoms with Crippen LogP contribution in [0.4, 0.5) is 0 Å². The van der Waals surface area contributed by atoms with Crippen molar-refractivity contribution in [2.45, 2.75) is 96.9 Å². The summed E-state index contributed by atoms with van der Waals surface area (Å²) in [6.07, 6.45) is 16.9. The van der Waals surface area contributed by atoms with Crippen LogP contribution in [0, 0.1) is 0 Å². The molecule has 0 heterocycles. The molecule has 0 aromatic heterocycles. The van der Waals surface area contributed by atoms with Crippen LogP contribution in [0.15, 0.2) is 0 Å². The number of unbranched alkanes of at least 4 members (excludes halogenated alkanes) is 8. The first-order valence-corrected chi connectivity index (χ1v) is 8.02. The van der Waals surface area contributed by atoms with E-state index in [4.69, 9.17) is 0 Å². The van der Waals surface area contributed by atoms with Crippen LogP contribution in [-0.2, 0) is 0 Å². The first kappa shape index (κ1) is 17.0. The Morgan fingerprint density at radius 1 is 0.706 bits per heavy atom. The standard InChI is InChI=1S/C15H34BN/c1-3-5-7-9-11-13-15(17-16)14-12-10-8-6-4-2/h15,17H,3-14,16H2,1-2H3. The molecule has 102 valence electrons. The molecule has 0 aliphatic rings. The molecular weight excluding hydrogens is 205 g/mol. The largest absolute Gasteiger partial charge is 0.359 e. The van der Waals surface area contributed by atoms with Crippen LogP contribution in [-0.4, -0.2) is 14.0 Å². The summed E-state index contributed by atoms with van der Waals surface area (Å²) >= 11 is 0. The summed E-state index contributed by atoms with van der Waals surface area (Å²) in [6.45, 7) is 4.57. The van der Waals surface area contributed by atoms with Crippen LogP contribution in [0.3, 0.4) is 0 Å². The fourth-order valence-electron chi connectivity index (χ4n) is 2.42. The molecule has 0 aliphatic heterocycles. The van der Waals surface area contributed by atoms with Gasteiger partial charge in [0.25, 0.3) is 0 Å². The van der Waals surface area contributed by atoms with Gasteiger partial charge in [-0.1, -0.05) is 78.1 Å². The highest BCUT2D eigenvalue weighted by atomic mass is 14.8. The molecule has 0 rings (SSSR count). The molecule has 0 spiro atoms. The summed E-state index contributed by atoms with van der Waals surface area (Å²) in [5, 5.41) is 3.48. The third kappa shape index (κ3) is 12.3. The second kappa shape index (κ2) is 14.1. The highest BCUT2D eigenvalue weighted by Crippen LogP contribution is 2.12. The van der Waals surface area contributed by atoms with Crippen LogP contribution in [0.1, 0.15) is 90.9 Å². The molecule has 0 aromatic carbocycles. The molecule has 0 bridgehead atoms. The lowest BCUT2D eigenvalue weighted by Gasteiger charge is -2.16. The van der Waals surface area contributed by atoms with E-state index in [1.54, 1.807) is 0 Å². The van der Waals surface area contributed by atoms with Gasteiger partial charge < -0.3 is 5.23 Å². The van der Waals surface area contributed by atoms with Crippen molar-refractivity contribution < 1.29 is 0 Å². The molecule has 17 heavy (non-hydrogen) atoms. The molecule has 0 aliphatic carbocycles. The van der Waals surface area contributed by atoms with Crippen molar-refractivity contribution in [2.24, 2.45) is 0 Å². The number of hydrogen-bond donors (Lipinski definition) is 1. The average Bonchev–Trinajstić information content (AvgIpc) is 2.36. The van der Waals surface area contributed by atoms with Crippen LogP contribution in [0.2, 0.25) is 0 Å². The van der Waals surface area contributed by atoms with Gasteiger partial charge in [-0.2, -0.15) is 0 Å². The molecule has 0 amide bonds. The van der Waals surface area contributed by atoms with Crippen LogP contribution in [0.25, 0.3) is 0 Å². The van der Waals surface area contributed by atoms with E-state index in [-0.39, 0.29) is 0 Å². The summed E-state index contributed by atoms with van der Waals surface area (Å²) in [6, 6.07) is 0.776. The maximum absolute atomic E-state index is 3.48. The zero-order valence-electron chi connectivity index (χ0n) is 12.6. The van der Waals surface area contributed by atoms with Gasteiger partial charge in [0.2, 0.25) is 0 Å². The fourth-order valence-corrected chi connectivity index (χ4v) is 2.42. The lowest BCUT2D eigenvalue weighted by molar-refractivity contribution is 0.466. The molecule has 1 nitrogen and oxygen atoms in total. The summed E-state index contributed by atoms with van der Waals surface area (Å²) < 4.78 is 0. The minimum atomic E-state index is 0.776. The quantitative estimate of drug-likeness (QED) is 0.375. The van der Waals surface area contributed by atoms with Crippen LogP contribution in [0.5, 0.6) is 0 Å². The van der Waals surface area contributed by atoms with Crippen molar-refractivity contribution in [3.8, 4) is 0 Å². The molecular formula is C15H34BN. The smallest absolute Gasteiger partial charge is 0.182 e. The van der Waals surface area contributed by atoms with Crippen molar-refractivity contribution in [2.75, 3.05) is 0 Å². The summed E-state index contributed by atoms with van der Waals surface area (Å²) in [5.41, 5.74) is 0. The molecule has 0 saturated heterocycles. The van der Waals surface area contributed by atoms with Gasteiger partial charge in [0.05, 0.1) is 0 Å². The van der Waals surface area contributed by atoms with Gasteiger partial charge >= 0.3 is 0 Å². The summed E-state index contributed by atoms with van der Waals surface area (Å²) in [4.78, 5) is 0. The van der Waals surface area contributed by atoms with Crippen molar-refractivity contribution in [3.63, 3.8) is 0 Å². The summed E-state index contributed by atoms with van der Waals surface area (Å²) in [5.74, 6) is 0. The Morgan fingerprint density at radius 3 is 1.47 bits per heavy atom. The highest BCUT2D eigenvalue weighted by Gasteiger charge is 2.04. The second-order valence-electron chi connectivity index (χ2n) is 5.39. The Kier molecular flexibility index (Phi) is 14.1. The van der Waals surface area contributed by atoms with Gasteiger partial charge in [0.15, 0.2) is 7.98 Å². The van der Waals surface area contributed by atoms with E-state index in [0.29, 0.717) is 0 Å². The first-order chi connectivity index (χ1) is 8.35. The van der Waals surface area contributed by atoms with E-state index in [0.717, 1.165) is 6.04 Å².